The second-order valence-electron chi connectivity index (χ2n) is 3.16. The van der Waals surface area contributed by atoms with E-state index in [-0.39, 0.29) is 12.5 Å². The fourth-order valence-electron chi connectivity index (χ4n) is 1.33. The van der Waals surface area contributed by atoms with Crippen molar-refractivity contribution in [2.45, 2.75) is 0 Å². The summed E-state index contributed by atoms with van der Waals surface area (Å²) >= 11 is 0. The Labute approximate surface area is 91.5 Å². The molecule has 16 heavy (non-hydrogen) atoms. The lowest BCUT2D eigenvalue weighted by Crippen LogP contribution is -2.25. The van der Waals surface area contributed by atoms with Crippen LogP contribution in [0.2, 0.25) is 0 Å². The van der Waals surface area contributed by atoms with Crippen molar-refractivity contribution in [3.8, 4) is 5.75 Å². The second kappa shape index (κ2) is 4.09. The van der Waals surface area contributed by atoms with Gasteiger partial charge in [0.05, 0.1) is 12.8 Å². The maximum absolute atomic E-state index is 11.1. The average molecular weight is 222 g/mol. The van der Waals surface area contributed by atoms with Crippen molar-refractivity contribution in [1.82, 2.24) is 0 Å². The molecule has 1 aliphatic heterocycles. The van der Waals surface area contributed by atoms with Crippen molar-refractivity contribution in [2.75, 3.05) is 24.4 Å². The summed E-state index contributed by atoms with van der Waals surface area (Å²) in [5.41, 5.74) is 1.06. The number of hydrogen-bond acceptors (Lipinski definition) is 4. The largest absolute Gasteiger partial charge is 0.482 e. The monoisotopic (exact) mass is 222 g/mol. The normalized spacial score (nSPS) is 13.2. The van der Waals surface area contributed by atoms with Crippen molar-refractivity contribution < 1.29 is 19.1 Å². The van der Waals surface area contributed by atoms with Gasteiger partial charge < -0.3 is 14.8 Å². The maximum Gasteiger partial charge on any atom is 0.411 e. The van der Waals surface area contributed by atoms with E-state index in [2.05, 4.69) is 15.4 Å². The molecule has 0 aliphatic carbocycles. The molecule has 84 valence electrons. The first-order chi connectivity index (χ1) is 7.69. The minimum atomic E-state index is -0.567. The number of anilines is 2. The molecule has 1 aromatic carbocycles. The summed E-state index contributed by atoms with van der Waals surface area (Å²) in [6, 6.07) is 4.93. The number of benzene rings is 1. The summed E-state index contributed by atoms with van der Waals surface area (Å²) in [7, 11) is 1.28. The average Bonchev–Trinajstić information content (AvgIpc) is 2.28. The van der Waals surface area contributed by atoms with Gasteiger partial charge in [0.25, 0.3) is 5.91 Å². The molecular weight excluding hydrogens is 212 g/mol. The maximum atomic E-state index is 11.1. The van der Waals surface area contributed by atoms with Crippen LogP contribution in [0.15, 0.2) is 18.2 Å². The molecule has 6 heteroatoms. The van der Waals surface area contributed by atoms with E-state index >= 15 is 0 Å². The van der Waals surface area contributed by atoms with Crippen LogP contribution < -0.4 is 15.4 Å². The summed E-state index contributed by atoms with van der Waals surface area (Å²) in [6.07, 6.45) is -0.567. The molecule has 2 rings (SSSR count). The Morgan fingerprint density at radius 1 is 1.56 bits per heavy atom. The Kier molecular flexibility index (Phi) is 2.63. The van der Waals surface area contributed by atoms with Crippen LogP contribution >= 0.6 is 0 Å². The molecule has 6 nitrogen and oxygen atoms in total. The highest BCUT2D eigenvalue weighted by molar-refractivity contribution is 5.96. The van der Waals surface area contributed by atoms with Crippen LogP contribution in [0, 0.1) is 0 Å². The Balaban J connectivity index is 2.21. The van der Waals surface area contributed by atoms with E-state index in [1.165, 1.54) is 7.11 Å². The molecule has 2 N–H and O–H groups in total. The lowest BCUT2D eigenvalue weighted by atomic mass is 10.2. The predicted molar refractivity (Wildman–Crippen MR) is 56.6 cm³/mol. The summed E-state index contributed by atoms with van der Waals surface area (Å²) < 4.78 is 9.62. The van der Waals surface area contributed by atoms with E-state index in [4.69, 9.17) is 4.74 Å². The third-order valence-electron chi connectivity index (χ3n) is 2.04. The molecule has 0 radical (unpaired) electrons. The van der Waals surface area contributed by atoms with E-state index < -0.39 is 6.09 Å². The number of amides is 2. The summed E-state index contributed by atoms with van der Waals surface area (Å²) in [5.74, 6) is 0.359. The predicted octanol–water partition coefficient (Wildman–Crippen LogP) is 1.20. The Morgan fingerprint density at radius 2 is 2.38 bits per heavy atom. The molecule has 0 atom stereocenters. The first-order valence-electron chi connectivity index (χ1n) is 4.61. The van der Waals surface area contributed by atoms with Gasteiger partial charge in [-0.1, -0.05) is 0 Å². The topological polar surface area (TPSA) is 76.7 Å². The van der Waals surface area contributed by atoms with E-state index in [9.17, 15) is 9.59 Å². The zero-order valence-corrected chi connectivity index (χ0v) is 8.57. The van der Waals surface area contributed by atoms with Gasteiger partial charge in [0.2, 0.25) is 0 Å². The molecule has 0 saturated carbocycles. The zero-order chi connectivity index (χ0) is 11.5. The van der Waals surface area contributed by atoms with Gasteiger partial charge in [-0.25, -0.2) is 4.79 Å². The van der Waals surface area contributed by atoms with Crippen molar-refractivity contribution in [3.63, 3.8) is 0 Å². The molecule has 0 bridgehead atoms. The van der Waals surface area contributed by atoms with Crippen LogP contribution in [0.3, 0.4) is 0 Å². The third-order valence-corrected chi connectivity index (χ3v) is 2.04. The highest BCUT2D eigenvalue weighted by Crippen LogP contribution is 2.30. The fourth-order valence-corrected chi connectivity index (χ4v) is 1.33. The van der Waals surface area contributed by atoms with Gasteiger partial charge in [-0.2, -0.15) is 0 Å². The van der Waals surface area contributed by atoms with Gasteiger partial charge >= 0.3 is 6.09 Å². The number of methoxy groups -OCH3 is 1. The van der Waals surface area contributed by atoms with Crippen LogP contribution in [0.5, 0.6) is 5.75 Å². The number of carbonyl (C=O) groups excluding carboxylic acids is 2. The highest BCUT2D eigenvalue weighted by atomic mass is 16.5. The molecule has 0 spiro atoms. The smallest absolute Gasteiger partial charge is 0.411 e. The summed E-state index contributed by atoms with van der Waals surface area (Å²) in [5, 5.41) is 5.12. The minimum absolute atomic E-state index is 0.0107. The highest BCUT2D eigenvalue weighted by Gasteiger charge is 2.16. The standard InChI is InChI=1S/C10H10N2O4/c1-15-10(14)11-6-2-3-8-7(4-6)12-9(13)5-16-8/h2-4H,5H2,1H3,(H,11,14)(H,12,13). The third kappa shape index (κ3) is 2.05. The molecule has 1 aromatic rings. The zero-order valence-electron chi connectivity index (χ0n) is 8.57. The lowest BCUT2D eigenvalue weighted by Gasteiger charge is -2.18. The minimum Gasteiger partial charge on any atom is -0.482 e. The molecule has 2 amide bonds. The van der Waals surface area contributed by atoms with E-state index in [1.54, 1.807) is 18.2 Å². The molecule has 0 aromatic heterocycles. The second-order valence-corrected chi connectivity index (χ2v) is 3.16. The van der Waals surface area contributed by atoms with E-state index in [0.29, 0.717) is 17.1 Å². The molecular formula is C10H10N2O4. The lowest BCUT2D eigenvalue weighted by molar-refractivity contribution is -0.118. The number of carbonyl (C=O) groups is 2. The van der Waals surface area contributed by atoms with Crippen LogP contribution in [0.25, 0.3) is 0 Å². The summed E-state index contributed by atoms with van der Waals surface area (Å²) in [4.78, 5) is 22.0. The first kappa shape index (κ1) is 10.3. The molecule has 0 fully saturated rings. The Bertz CT molecular complexity index is 444. The van der Waals surface area contributed by atoms with Crippen molar-refractivity contribution >= 4 is 23.4 Å². The van der Waals surface area contributed by atoms with Crippen molar-refractivity contribution in [2.24, 2.45) is 0 Å². The van der Waals surface area contributed by atoms with Gasteiger partial charge in [-0.15, -0.1) is 0 Å². The van der Waals surface area contributed by atoms with Crippen LogP contribution in [-0.4, -0.2) is 25.7 Å². The van der Waals surface area contributed by atoms with Crippen LogP contribution in [0.1, 0.15) is 0 Å². The van der Waals surface area contributed by atoms with E-state index in [0.717, 1.165) is 0 Å². The quantitative estimate of drug-likeness (QED) is 0.748. The molecule has 0 unspecified atom stereocenters. The Hall–Kier alpha value is -2.24. The van der Waals surface area contributed by atoms with Gasteiger partial charge in [-0.05, 0) is 18.2 Å². The Morgan fingerprint density at radius 3 is 3.12 bits per heavy atom. The SMILES string of the molecule is COC(=O)Nc1ccc2c(c1)NC(=O)CO2. The number of nitrogens with one attached hydrogen (secondary N) is 2. The number of fused-ring (bicyclic) bond motifs is 1. The van der Waals surface area contributed by atoms with E-state index in [1.807, 2.05) is 0 Å². The molecule has 1 heterocycles. The fraction of sp³-hybridized carbons (Fsp3) is 0.200. The molecule has 1 aliphatic rings. The number of rotatable bonds is 1. The van der Waals surface area contributed by atoms with Crippen molar-refractivity contribution in [1.29, 1.82) is 0 Å². The van der Waals surface area contributed by atoms with Crippen LogP contribution in [0.4, 0.5) is 16.2 Å². The van der Waals surface area contributed by atoms with Gasteiger partial charge in [0.1, 0.15) is 5.75 Å². The van der Waals surface area contributed by atoms with Crippen molar-refractivity contribution in [3.05, 3.63) is 18.2 Å². The van der Waals surface area contributed by atoms with Gasteiger partial charge in [-0.3, -0.25) is 10.1 Å². The van der Waals surface area contributed by atoms with Gasteiger partial charge in [0, 0.05) is 5.69 Å². The first-order valence-corrected chi connectivity index (χ1v) is 4.61. The summed E-state index contributed by atoms with van der Waals surface area (Å²) in [6.45, 7) is 0.0107. The number of ether oxygens (including phenoxy) is 2. The molecule has 0 saturated heterocycles. The van der Waals surface area contributed by atoms with Gasteiger partial charge in [0.15, 0.2) is 6.61 Å². The number of hydrogen-bond donors (Lipinski definition) is 2. The van der Waals surface area contributed by atoms with Crippen LogP contribution in [-0.2, 0) is 9.53 Å².